The van der Waals surface area contributed by atoms with Gasteiger partial charge in [0.2, 0.25) is 0 Å². The van der Waals surface area contributed by atoms with E-state index in [9.17, 15) is 0 Å². The second-order valence-electron chi connectivity index (χ2n) is 4.40. The zero-order valence-corrected chi connectivity index (χ0v) is 13.6. The molecule has 2 aromatic rings. The molecule has 1 nitrogen and oxygen atoms in total. The van der Waals surface area contributed by atoms with Gasteiger partial charge in [-0.25, -0.2) is 0 Å². The highest BCUT2D eigenvalue weighted by Crippen LogP contribution is 2.22. The monoisotopic (exact) mass is 367 g/mol. The number of anilines is 1. The number of halogens is 2. The molecule has 0 aromatic heterocycles. The molecule has 0 amide bonds. The van der Waals surface area contributed by atoms with Gasteiger partial charge >= 0.3 is 0 Å². The molecular formula is C15H15Br2N. The molecule has 0 aliphatic heterocycles. The van der Waals surface area contributed by atoms with Crippen molar-refractivity contribution >= 4 is 37.5 Å². The van der Waals surface area contributed by atoms with Crippen LogP contribution in [0.15, 0.2) is 45.3 Å². The molecule has 0 fully saturated rings. The van der Waals surface area contributed by atoms with Crippen molar-refractivity contribution in [2.45, 2.75) is 20.4 Å². The number of aryl methyl sites for hydroxylation is 2. The summed E-state index contributed by atoms with van der Waals surface area (Å²) < 4.78 is 2.27. The third-order valence-corrected chi connectivity index (χ3v) is 4.28. The summed E-state index contributed by atoms with van der Waals surface area (Å²) >= 11 is 7.00. The Bertz CT molecular complexity index is 564. The highest BCUT2D eigenvalue weighted by molar-refractivity contribution is 9.10. The van der Waals surface area contributed by atoms with Gasteiger partial charge < -0.3 is 5.32 Å². The van der Waals surface area contributed by atoms with Gasteiger partial charge in [0.05, 0.1) is 0 Å². The van der Waals surface area contributed by atoms with E-state index < -0.39 is 0 Å². The Morgan fingerprint density at radius 1 is 0.944 bits per heavy atom. The maximum Gasteiger partial charge on any atom is 0.0400 e. The largest absolute Gasteiger partial charge is 0.381 e. The molecule has 2 rings (SSSR count). The van der Waals surface area contributed by atoms with Crippen LogP contribution in [0.4, 0.5) is 5.69 Å². The van der Waals surface area contributed by atoms with E-state index in [0.717, 1.165) is 15.5 Å². The van der Waals surface area contributed by atoms with E-state index in [1.165, 1.54) is 22.4 Å². The Morgan fingerprint density at radius 2 is 1.72 bits per heavy atom. The maximum atomic E-state index is 3.52. The molecule has 0 spiro atoms. The van der Waals surface area contributed by atoms with Gasteiger partial charge in [-0.1, -0.05) is 44.0 Å². The average Bonchev–Trinajstić information content (AvgIpc) is 2.32. The Labute approximate surface area is 125 Å². The minimum absolute atomic E-state index is 0.844. The van der Waals surface area contributed by atoms with Crippen molar-refractivity contribution in [1.29, 1.82) is 0 Å². The van der Waals surface area contributed by atoms with Crippen LogP contribution in [-0.4, -0.2) is 0 Å². The van der Waals surface area contributed by atoms with Crippen LogP contribution in [0.2, 0.25) is 0 Å². The van der Waals surface area contributed by atoms with Crippen LogP contribution in [0.1, 0.15) is 16.7 Å². The second kappa shape index (κ2) is 5.89. The lowest BCUT2D eigenvalue weighted by atomic mass is 10.1. The summed E-state index contributed by atoms with van der Waals surface area (Å²) in [6.45, 7) is 5.06. The van der Waals surface area contributed by atoms with Gasteiger partial charge in [0.25, 0.3) is 0 Å². The molecule has 94 valence electrons. The molecule has 2 aromatic carbocycles. The Kier molecular flexibility index (Phi) is 4.46. The minimum atomic E-state index is 0.844. The number of hydrogen-bond donors (Lipinski definition) is 1. The zero-order chi connectivity index (χ0) is 13.1. The standard InChI is InChI=1S/C15H15Br2N/c1-10-7-12(3-5-14(10)17)9-18-15-6-4-13(16)8-11(15)2/h3-8,18H,9H2,1-2H3. The lowest BCUT2D eigenvalue weighted by Gasteiger charge is -2.11. The molecule has 0 unspecified atom stereocenters. The molecule has 0 aliphatic carbocycles. The van der Waals surface area contributed by atoms with E-state index >= 15 is 0 Å². The minimum Gasteiger partial charge on any atom is -0.381 e. The Hall–Kier alpha value is -0.800. The lowest BCUT2D eigenvalue weighted by molar-refractivity contribution is 1.13. The van der Waals surface area contributed by atoms with Gasteiger partial charge in [-0.2, -0.15) is 0 Å². The average molecular weight is 369 g/mol. The van der Waals surface area contributed by atoms with Crippen molar-refractivity contribution in [2.75, 3.05) is 5.32 Å². The SMILES string of the molecule is Cc1cc(CNc2ccc(Br)cc2C)ccc1Br. The van der Waals surface area contributed by atoms with Crippen LogP contribution < -0.4 is 5.32 Å². The fraction of sp³-hybridized carbons (Fsp3) is 0.200. The smallest absolute Gasteiger partial charge is 0.0400 e. The van der Waals surface area contributed by atoms with Crippen LogP contribution in [0, 0.1) is 13.8 Å². The first kappa shape index (κ1) is 13.6. The first-order chi connectivity index (χ1) is 8.56. The van der Waals surface area contributed by atoms with E-state index in [-0.39, 0.29) is 0 Å². The molecule has 0 atom stereocenters. The summed E-state index contributed by atoms with van der Waals surface area (Å²) in [6, 6.07) is 12.7. The first-order valence-electron chi connectivity index (χ1n) is 5.81. The summed E-state index contributed by atoms with van der Waals surface area (Å²) in [5.41, 5.74) is 4.98. The summed E-state index contributed by atoms with van der Waals surface area (Å²) in [4.78, 5) is 0. The van der Waals surface area contributed by atoms with Crippen LogP contribution >= 0.6 is 31.9 Å². The molecule has 1 N–H and O–H groups in total. The summed E-state index contributed by atoms with van der Waals surface area (Å²) in [7, 11) is 0. The maximum absolute atomic E-state index is 3.52. The van der Waals surface area contributed by atoms with E-state index in [2.05, 4.69) is 87.4 Å². The Balaban J connectivity index is 2.09. The highest BCUT2D eigenvalue weighted by atomic mass is 79.9. The van der Waals surface area contributed by atoms with Crippen LogP contribution in [0.5, 0.6) is 0 Å². The van der Waals surface area contributed by atoms with E-state index in [4.69, 9.17) is 0 Å². The number of rotatable bonds is 3. The molecular weight excluding hydrogens is 354 g/mol. The topological polar surface area (TPSA) is 12.0 Å². The summed E-state index contributed by atoms with van der Waals surface area (Å²) in [6.07, 6.45) is 0. The summed E-state index contributed by atoms with van der Waals surface area (Å²) in [5.74, 6) is 0. The molecule has 0 saturated carbocycles. The van der Waals surface area contributed by atoms with Gasteiger partial charge in [0, 0.05) is 21.2 Å². The van der Waals surface area contributed by atoms with Gasteiger partial charge in [-0.15, -0.1) is 0 Å². The number of hydrogen-bond acceptors (Lipinski definition) is 1. The molecule has 0 bridgehead atoms. The van der Waals surface area contributed by atoms with Gasteiger partial charge in [0.1, 0.15) is 0 Å². The normalized spacial score (nSPS) is 10.4. The molecule has 0 radical (unpaired) electrons. The molecule has 18 heavy (non-hydrogen) atoms. The first-order valence-corrected chi connectivity index (χ1v) is 7.40. The van der Waals surface area contributed by atoms with Gasteiger partial charge in [-0.05, 0) is 54.8 Å². The molecule has 0 aliphatic rings. The van der Waals surface area contributed by atoms with Crippen molar-refractivity contribution < 1.29 is 0 Å². The predicted molar refractivity (Wildman–Crippen MR) is 85.1 cm³/mol. The fourth-order valence-corrected chi connectivity index (χ4v) is 2.56. The van der Waals surface area contributed by atoms with Gasteiger partial charge in [0.15, 0.2) is 0 Å². The van der Waals surface area contributed by atoms with E-state index in [1.807, 2.05) is 0 Å². The molecule has 3 heteroatoms. The van der Waals surface area contributed by atoms with Crippen molar-refractivity contribution in [3.8, 4) is 0 Å². The second-order valence-corrected chi connectivity index (χ2v) is 6.17. The predicted octanol–water partition coefficient (Wildman–Crippen LogP) is 5.44. The zero-order valence-electron chi connectivity index (χ0n) is 10.4. The van der Waals surface area contributed by atoms with Crippen molar-refractivity contribution in [1.82, 2.24) is 0 Å². The van der Waals surface area contributed by atoms with Crippen LogP contribution in [0.3, 0.4) is 0 Å². The fourth-order valence-electron chi connectivity index (χ4n) is 1.84. The Morgan fingerprint density at radius 3 is 2.39 bits per heavy atom. The lowest BCUT2D eigenvalue weighted by Crippen LogP contribution is -2.01. The number of benzene rings is 2. The van der Waals surface area contributed by atoms with E-state index in [1.54, 1.807) is 0 Å². The summed E-state index contributed by atoms with van der Waals surface area (Å²) in [5, 5.41) is 3.47. The van der Waals surface area contributed by atoms with Gasteiger partial charge in [-0.3, -0.25) is 0 Å². The molecule has 0 saturated heterocycles. The van der Waals surface area contributed by atoms with E-state index in [0.29, 0.717) is 0 Å². The third kappa shape index (κ3) is 3.36. The third-order valence-electron chi connectivity index (χ3n) is 2.89. The molecule has 0 heterocycles. The van der Waals surface area contributed by atoms with Crippen molar-refractivity contribution in [3.05, 3.63) is 62.0 Å². The highest BCUT2D eigenvalue weighted by Gasteiger charge is 2.00. The van der Waals surface area contributed by atoms with Crippen LogP contribution in [0.25, 0.3) is 0 Å². The number of nitrogens with one attached hydrogen (secondary N) is 1. The van der Waals surface area contributed by atoms with Crippen molar-refractivity contribution in [2.24, 2.45) is 0 Å². The van der Waals surface area contributed by atoms with Crippen LogP contribution in [-0.2, 0) is 6.54 Å². The quantitative estimate of drug-likeness (QED) is 0.760. The van der Waals surface area contributed by atoms with Crippen molar-refractivity contribution in [3.63, 3.8) is 0 Å².